The molecule has 1 N–H and O–H groups in total. The highest BCUT2D eigenvalue weighted by Gasteiger charge is 2.10. The zero-order valence-corrected chi connectivity index (χ0v) is 14.9. The Balaban J connectivity index is 1.63. The van der Waals surface area contributed by atoms with Gasteiger partial charge in [0, 0.05) is 5.56 Å². The van der Waals surface area contributed by atoms with Gasteiger partial charge >= 0.3 is 5.97 Å². The summed E-state index contributed by atoms with van der Waals surface area (Å²) < 4.78 is 15.7. The van der Waals surface area contributed by atoms with Gasteiger partial charge in [0.05, 0.1) is 30.2 Å². The number of carbonyl (C=O) groups excluding carboxylic acids is 2. The van der Waals surface area contributed by atoms with Gasteiger partial charge in [-0.3, -0.25) is 4.79 Å². The summed E-state index contributed by atoms with van der Waals surface area (Å²) in [5.74, 6) is 0.889. The molecule has 2 aromatic heterocycles. The van der Waals surface area contributed by atoms with Crippen molar-refractivity contribution in [1.82, 2.24) is 5.43 Å². The van der Waals surface area contributed by atoms with E-state index >= 15 is 0 Å². The maximum Gasteiger partial charge on any atom is 0.338 e. The maximum atomic E-state index is 11.9. The number of nitrogens with one attached hydrogen (secondary N) is 1. The van der Waals surface area contributed by atoms with E-state index in [1.54, 1.807) is 56.3 Å². The van der Waals surface area contributed by atoms with E-state index in [-0.39, 0.29) is 11.9 Å². The molecule has 2 heterocycles. The van der Waals surface area contributed by atoms with Crippen LogP contribution < -0.4 is 5.43 Å². The van der Waals surface area contributed by atoms with Crippen molar-refractivity contribution in [2.75, 3.05) is 6.61 Å². The number of benzene rings is 1. The number of hydrogen-bond donors (Lipinski definition) is 1. The van der Waals surface area contributed by atoms with Gasteiger partial charge in [-0.2, -0.15) is 5.10 Å². The number of carbonyl (C=O) groups is 2. The number of hydrogen-bond acceptors (Lipinski definition) is 6. The van der Waals surface area contributed by atoms with Crippen LogP contribution in [0.15, 0.2) is 62.7 Å². The lowest BCUT2D eigenvalue weighted by Gasteiger charge is -2.02. The van der Waals surface area contributed by atoms with Crippen molar-refractivity contribution < 1.29 is 23.2 Å². The van der Waals surface area contributed by atoms with Crippen LogP contribution in [-0.2, 0) is 4.74 Å². The Hall–Kier alpha value is -3.61. The minimum absolute atomic E-state index is 0.332. The molecule has 1 amide bonds. The molecule has 1 aromatic carbocycles. The van der Waals surface area contributed by atoms with Gasteiger partial charge in [0.1, 0.15) is 17.3 Å². The minimum atomic E-state index is -0.362. The first kappa shape index (κ1) is 18.2. The van der Waals surface area contributed by atoms with E-state index < -0.39 is 0 Å². The highest BCUT2D eigenvalue weighted by atomic mass is 16.5. The van der Waals surface area contributed by atoms with E-state index in [1.165, 1.54) is 12.5 Å². The first-order valence-electron chi connectivity index (χ1n) is 8.33. The molecule has 7 nitrogen and oxygen atoms in total. The third-order valence-electron chi connectivity index (χ3n) is 3.77. The van der Waals surface area contributed by atoms with Crippen LogP contribution in [0.1, 0.15) is 39.2 Å². The Labute approximate surface area is 155 Å². The fourth-order valence-electron chi connectivity index (χ4n) is 2.40. The third-order valence-corrected chi connectivity index (χ3v) is 3.77. The molecule has 0 atom stereocenters. The van der Waals surface area contributed by atoms with Gasteiger partial charge in [0.2, 0.25) is 0 Å². The van der Waals surface area contributed by atoms with E-state index in [4.69, 9.17) is 13.6 Å². The third kappa shape index (κ3) is 4.33. The summed E-state index contributed by atoms with van der Waals surface area (Å²) in [6.45, 7) is 3.79. The number of rotatable bonds is 6. The Morgan fingerprint density at radius 1 is 1.15 bits per heavy atom. The quantitative estimate of drug-likeness (QED) is 0.407. The molecule has 0 fully saturated rings. The van der Waals surface area contributed by atoms with E-state index in [1.807, 2.05) is 0 Å². The van der Waals surface area contributed by atoms with Crippen LogP contribution in [0.4, 0.5) is 0 Å². The lowest BCUT2D eigenvalue weighted by Crippen LogP contribution is -2.17. The molecule has 0 unspecified atom stereocenters. The number of nitrogens with zero attached hydrogens (tertiary/aromatic N) is 1. The van der Waals surface area contributed by atoms with Crippen LogP contribution in [0.2, 0.25) is 0 Å². The average molecular weight is 366 g/mol. The van der Waals surface area contributed by atoms with E-state index in [0.717, 1.165) is 5.56 Å². The molecule has 0 aliphatic carbocycles. The fraction of sp³-hybridized carbons (Fsp3) is 0.150. The Morgan fingerprint density at radius 3 is 2.59 bits per heavy atom. The number of esters is 1. The predicted octanol–water partition coefficient (Wildman–Crippen LogP) is 3.79. The molecule has 0 bridgehead atoms. The largest absolute Gasteiger partial charge is 0.469 e. The second-order valence-corrected chi connectivity index (χ2v) is 5.59. The zero-order chi connectivity index (χ0) is 19.2. The van der Waals surface area contributed by atoms with Crippen molar-refractivity contribution in [3.8, 4) is 11.3 Å². The summed E-state index contributed by atoms with van der Waals surface area (Å²) in [4.78, 5) is 23.6. The fourth-order valence-corrected chi connectivity index (χ4v) is 2.40. The number of aryl methyl sites for hydroxylation is 1. The summed E-state index contributed by atoms with van der Waals surface area (Å²) in [5.41, 5.74) is 4.12. The lowest BCUT2D eigenvalue weighted by molar-refractivity contribution is 0.0526. The second kappa shape index (κ2) is 8.18. The highest BCUT2D eigenvalue weighted by molar-refractivity contribution is 5.95. The van der Waals surface area contributed by atoms with Gasteiger partial charge in [-0.05, 0) is 44.2 Å². The molecule has 0 radical (unpaired) electrons. The molecule has 7 heteroatoms. The van der Waals surface area contributed by atoms with Crippen molar-refractivity contribution >= 4 is 18.1 Å². The van der Waals surface area contributed by atoms with Crippen molar-refractivity contribution in [3.05, 3.63) is 71.4 Å². The van der Waals surface area contributed by atoms with Gasteiger partial charge in [0.25, 0.3) is 5.91 Å². The van der Waals surface area contributed by atoms with Crippen molar-refractivity contribution in [3.63, 3.8) is 0 Å². The second-order valence-electron chi connectivity index (χ2n) is 5.59. The van der Waals surface area contributed by atoms with Crippen molar-refractivity contribution in [2.45, 2.75) is 13.8 Å². The molecule has 0 aliphatic rings. The van der Waals surface area contributed by atoms with Gasteiger partial charge in [-0.15, -0.1) is 0 Å². The van der Waals surface area contributed by atoms with Crippen molar-refractivity contribution in [2.24, 2.45) is 5.10 Å². The van der Waals surface area contributed by atoms with Crippen LogP contribution in [0.3, 0.4) is 0 Å². The summed E-state index contributed by atoms with van der Waals surface area (Å²) in [6.07, 6.45) is 2.85. The number of hydrazone groups is 1. The van der Waals surface area contributed by atoms with Crippen LogP contribution in [0, 0.1) is 6.92 Å². The van der Waals surface area contributed by atoms with Gasteiger partial charge in [-0.25, -0.2) is 10.2 Å². The molecule has 3 rings (SSSR count). The standard InChI is InChI=1S/C20H18N2O5/c1-3-25-20(24)15-6-4-14(5-7-15)18-9-8-16(27-18)12-21-22-19(23)17-10-11-26-13(17)2/h4-12H,3H2,1-2H3,(H,22,23)/b21-12-. The smallest absolute Gasteiger partial charge is 0.338 e. The Morgan fingerprint density at radius 2 is 1.93 bits per heavy atom. The molecular weight excluding hydrogens is 348 g/mol. The Bertz CT molecular complexity index is 966. The van der Waals surface area contributed by atoms with Gasteiger partial charge < -0.3 is 13.6 Å². The minimum Gasteiger partial charge on any atom is -0.469 e. The van der Waals surface area contributed by atoms with Crippen LogP contribution in [-0.4, -0.2) is 24.7 Å². The molecule has 0 saturated carbocycles. The zero-order valence-electron chi connectivity index (χ0n) is 14.9. The monoisotopic (exact) mass is 366 g/mol. The average Bonchev–Trinajstić information content (AvgIpc) is 3.31. The van der Waals surface area contributed by atoms with Crippen molar-refractivity contribution in [1.29, 1.82) is 0 Å². The summed E-state index contributed by atoms with van der Waals surface area (Å²) >= 11 is 0. The topological polar surface area (TPSA) is 94.0 Å². The SMILES string of the molecule is CCOC(=O)c1ccc(-c2ccc(/C=N\NC(=O)c3ccoc3C)o2)cc1. The van der Waals surface area contributed by atoms with E-state index in [0.29, 0.717) is 35.0 Å². The Kier molecular flexibility index (Phi) is 5.51. The van der Waals surface area contributed by atoms with Crippen LogP contribution >= 0.6 is 0 Å². The van der Waals surface area contributed by atoms with Gasteiger partial charge in [-0.1, -0.05) is 12.1 Å². The lowest BCUT2D eigenvalue weighted by atomic mass is 10.1. The number of ether oxygens (including phenoxy) is 1. The van der Waals surface area contributed by atoms with Crippen LogP contribution in [0.5, 0.6) is 0 Å². The molecule has 138 valence electrons. The summed E-state index contributed by atoms with van der Waals surface area (Å²) in [7, 11) is 0. The van der Waals surface area contributed by atoms with Crippen LogP contribution in [0.25, 0.3) is 11.3 Å². The predicted molar refractivity (Wildman–Crippen MR) is 98.6 cm³/mol. The normalized spacial score (nSPS) is 10.9. The molecule has 3 aromatic rings. The molecule has 27 heavy (non-hydrogen) atoms. The molecular formula is C20H18N2O5. The number of amides is 1. The first-order chi connectivity index (χ1) is 13.1. The maximum absolute atomic E-state index is 11.9. The molecule has 0 aliphatic heterocycles. The van der Waals surface area contributed by atoms with E-state index in [9.17, 15) is 9.59 Å². The number of furan rings is 2. The molecule has 0 saturated heterocycles. The summed E-state index contributed by atoms with van der Waals surface area (Å²) in [5, 5.41) is 3.88. The van der Waals surface area contributed by atoms with Gasteiger partial charge in [0.15, 0.2) is 0 Å². The molecule has 0 spiro atoms. The first-order valence-corrected chi connectivity index (χ1v) is 8.33. The van der Waals surface area contributed by atoms with E-state index in [2.05, 4.69) is 10.5 Å². The summed E-state index contributed by atoms with van der Waals surface area (Å²) in [6, 6.07) is 12.0. The highest BCUT2D eigenvalue weighted by Crippen LogP contribution is 2.22.